The Bertz CT molecular complexity index is 66.0. The maximum atomic E-state index is 8.81. The van der Waals surface area contributed by atoms with E-state index < -0.39 is 0 Å². The Morgan fingerprint density at radius 3 is 1.00 bits per heavy atom. The molecule has 0 saturated carbocycles. The molecular formula is C7H16Ar3O4. The summed E-state index contributed by atoms with van der Waals surface area (Å²) in [5.41, 5.74) is 0. The predicted octanol–water partition coefficient (Wildman–Crippen LogP) is 0.647. The molecule has 0 aromatic heterocycles. The molecule has 0 heterocycles. The van der Waals surface area contributed by atoms with Crippen LogP contribution in [-0.4, -0.2) is 33.6 Å². The number of carbonyl (C=O) groups is 2. The molecule has 0 fully saturated rings. The van der Waals surface area contributed by atoms with E-state index in [9.17, 15) is 0 Å². The first kappa shape index (κ1) is 36.0. The molecule has 0 unspecified atom stereocenters. The van der Waals surface area contributed by atoms with Crippen LogP contribution in [0.2, 0.25) is 0 Å². The second-order valence-electron chi connectivity index (χ2n) is 1.17. The fourth-order valence-corrected chi connectivity index (χ4v) is 0.118. The van der Waals surface area contributed by atoms with E-state index in [1.807, 2.05) is 0 Å². The number of hydrogen-bond donors (Lipinski definition) is 0. The summed E-state index contributed by atoms with van der Waals surface area (Å²) in [6.45, 7) is 3.28. The first-order valence-corrected chi connectivity index (χ1v) is 3.02. The molecule has 0 aliphatic heterocycles. The zero-order valence-corrected chi connectivity index (χ0v) is 10.7. The van der Waals surface area contributed by atoms with Crippen molar-refractivity contribution in [1.82, 2.24) is 0 Å². The third-order valence-corrected chi connectivity index (χ3v) is 0.236. The standard InChI is InChI=1S/C3H8O2.2C2H4O.3Ar/c1-4-3-5-2;2*1-2-3;;;/h3H2,1-2H3;2*2H,1H3;;;. The van der Waals surface area contributed by atoms with Crippen molar-refractivity contribution in [1.29, 1.82) is 0 Å². The van der Waals surface area contributed by atoms with Crippen molar-refractivity contribution in [2.45, 2.75) is 13.8 Å². The van der Waals surface area contributed by atoms with Gasteiger partial charge in [-0.3, -0.25) is 0 Å². The van der Waals surface area contributed by atoms with Gasteiger partial charge in [-0.15, -0.1) is 0 Å². The van der Waals surface area contributed by atoms with E-state index in [0.29, 0.717) is 6.79 Å². The van der Waals surface area contributed by atoms with Crippen LogP contribution in [0.4, 0.5) is 0 Å². The summed E-state index contributed by atoms with van der Waals surface area (Å²) in [5.74, 6) is 0. The summed E-state index contributed by atoms with van der Waals surface area (Å²) < 4.78 is 8.94. The van der Waals surface area contributed by atoms with Crippen molar-refractivity contribution in [3.8, 4) is 0 Å². The quantitative estimate of drug-likeness (QED) is 0.552. The minimum absolute atomic E-state index is 0. The van der Waals surface area contributed by atoms with E-state index in [-0.39, 0.29) is 113 Å². The second-order valence-corrected chi connectivity index (χ2v) is 1.17. The van der Waals surface area contributed by atoms with Crippen molar-refractivity contribution in [2.75, 3.05) is 21.0 Å². The molecule has 0 atom stereocenters. The third kappa shape index (κ3) is 117. The average Bonchev–Trinajstić information content (AvgIpc) is 1.92. The van der Waals surface area contributed by atoms with E-state index >= 15 is 0 Å². The number of rotatable bonds is 2. The Morgan fingerprint density at radius 2 is 1.00 bits per heavy atom. The number of hydrogen-bond acceptors (Lipinski definition) is 4. The molecule has 0 N–H and O–H groups in total. The summed E-state index contributed by atoms with van der Waals surface area (Å²) in [6.07, 6.45) is 1.50. The molecule has 92 valence electrons. The zero-order valence-electron chi connectivity index (χ0n) is 8.56. The van der Waals surface area contributed by atoms with Crippen LogP contribution in [0.3, 0.4) is 0 Å². The van der Waals surface area contributed by atoms with Gasteiger partial charge in [-0.25, -0.2) is 0 Å². The van der Waals surface area contributed by atoms with Crippen molar-refractivity contribution in [3.05, 3.63) is 0 Å². The molecule has 0 amide bonds. The van der Waals surface area contributed by atoms with Crippen molar-refractivity contribution in [2.24, 2.45) is 0 Å². The monoisotopic (exact) mass is 284 g/mol. The summed E-state index contributed by atoms with van der Waals surface area (Å²) in [5, 5.41) is 0. The first-order chi connectivity index (χ1) is 5.24. The number of ether oxygens (including phenoxy) is 2. The van der Waals surface area contributed by atoms with Crippen molar-refractivity contribution >= 4 is 12.6 Å². The van der Waals surface area contributed by atoms with Gasteiger partial charge in [0.25, 0.3) is 0 Å². The smallest absolute Gasteiger partial charge is 0.145 e. The Hall–Kier alpha value is 3.04. The first-order valence-electron chi connectivity index (χ1n) is 3.02. The van der Waals surface area contributed by atoms with Crippen LogP contribution < -0.4 is 0 Å². The van der Waals surface area contributed by atoms with Crippen molar-refractivity contribution < 1.29 is 132 Å². The number of aldehydes is 2. The summed E-state index contributed by atoms with van der Waals surface area (Å²) in [7, 11) is 3.17. The predicted molar refractivity (Wildman–Crippen MR) is 42.4 cm³/mol. The molecule has 0 aromatic carbocycles. The molecule has 0 saturated heterocycles. The van der Waals surface area contributed by atoms with Crippen molar-refractivity contribution in [3.63, 3.8) is 0 Å². The Balaban J connectivity index is -0.0000000162. The van der Waals surface area contributed by atoms with Gasteiger partial charge < -0.3 is 19.1 Å². The fraction of sp³-hybridized carbons (Fsp3) is 0.714. The minimum atomic E-state index is 0. The van der Waals surface area contributed by atoms with Crippen LogP contribution >= 0.6 is 0 Å². The maximum Gasteiger partial charge on any atom is 0.145 e. The van der Waals surface area contributed by atoms with E-state index in [2.05, 4.69) is 9.47 Å². The molecule has 0 bridgehead atoms. The minimum Gasteiger partial charge on any atom is -0.359 e. The molecule has 0 aliphatic carbocycles. The second kappa shape index (κ2) is 56.1. The Kier molecular flexibility index (Phi) is 144. The van der Waals surface area contributed by atoms with E-state index in [1.165, 1.54) is 13.8 Å². The zero-order chi connectivity index (χ0) is 9.54. The molecular weight excluding hydrogens is 268 g/mol. The molecule has 0 rings (SSSR count). The van der Waals surface area contributed by atoms with Crippen LogP contribution in [0.5, 0.6) is 0 Å². The van der Waals surface area contributed by atoms with Gasteiger partial charge in [0.1, 0.15) is 19.4 Å². The largest absolute Gasteiger partial charge is 0.359 e. The summed E-state index contributed by atoms with van der Waals surface area (Å²) >= 11 is 0. The third-order valence-electron chi connectivity index (χ3n) is 0.236. The molecule has 7 heteroatoms. The van der Waals surface area contributed by atoms with Gasteiger partial charge in [0.05, 0.1) is 0 Å². The van der Waals surface area contributed by atoms with Gasteiger partial charge in [-0.1, -0.05) is 0 Å². The van der Waals surface area contributed by atoms with Crippen LogP contribution in [0, 0.1) is 113 Å². The average molecular weight is 284 g/mol. The van der Waals surface area contributed by atoms with Crippen LogP contribution in [0.1, 0.15) is 13.8 Å². The fourth-order valence-electron chi connectivity index (χ4n) is 0.118. The van der Waals surface area contributed by atoms with E-state index in [0.717, 1.165) is 12.6 Å². The SMILES string of the molecule is CC=O.CC=O.COCOC.[Ar].[Ar].[Ar]. The van der Waals surface area contributed by atoms with Crippen LogP contribution in [0.25, 0.3) is 0 Å². The van der Waals surface area contributed by atoms with E-state index in [4.69, 9.17) is 9.59 Å². The Labute approximate surface area is 176 Å². The molecule has 4 nitrogen and oxygen atoms in total. The van der Waals surface area contributed by atoms with Gasteiger partial charge in [0.15, 0.2) is 0 Å². The van der Waals surface area contributed by atoms with Gasteiger partial charge in [-0.05, 0) is 13.8 Å². The number of methoxy groups -OCH3 is 2. The molecule has 0 spiro atoms. The van der Waals surface area contributed by atoms with Gasteiger partial charge in [-0.2, -0.15) is 0 Å². The summed E-state index contributed by atoms with van der Waals surface area (Å²) in [4.78, 5) is 17.6. The number of carbonyl (C=O) groups excluding carboxylic acids is 2. The van der Waals surface area contributed by atoms with Gasteiger partial charge in [0, 0.05) is 127 Å². The normalized spacial score (nSPS) is 4.86. The molecule has 14 heavy (non-hydrogen) atoms. The van der Waals surface area contributed by atoms with Gasteiger partial charge >= 0.3 is 0 Å². The Morgan fingerprint density at radius 1 is 0.857 bits per heavy atom. The molecule has 0 aliphatic rings. The van der Waals surface area contributed by atoms with E-state index in [1.54, 1.807) is 14.2 Å². The topological polar surface area (TPSA) is 52.6 Å². The van der Waals surface area contributed by atoms with Crippen LogP contribution in [-0.2, 0) is 19.1 Å². The van der Waals surface area contributed by atoms with Crippen LogP contribution in [0.15, 0.2) is 0 Å². The maximum absolute atomic E-state index is 8.81. The molecule has 0 radical (unpaired) electrons. The summed E-state index contributed by atoms with van der Waals surface area (Å²) in [6, 6.07) is 0. The molecule has 0 aromatic rings. The van der Waals surface area contributed by atoms with Gasteiger partial charge in [0.2, 0.25) is 0 Å².